The van der Waals surface area contributed by atoms with Crippen molar-refractivity contribution < 1.29 is 31.1 Å². The van der Waals surface area contributed by atoms with Gasteiger partial charge in [-0.1, -0.05) is 11.6 Å². The molecule has 134 valence electrons. The number of rotatable bonds is 3. The minimum atomic E-state index is -4.82. The maximum atomic E-state index is 13.5. The van der Waals surface area contributed by atoms with Crippen LogP contribution in [0.25, 0.3) is 0 Å². The summed E-state index contributed by atoms with van der Waals surface area (Å²) in [6, 6.07) is 1.65. The fourth-order valence-electron chi connectivity index (χ4n) is 1.84. The molecule has 1 N–H and O–H groups in total. The van der Waals surface area contributed by atoms with Crippen LogP contribution in [-0.2, 0) is 17.5 Å². The second-order valence-electron chi connectivity index (χ2n) is 4.78. The zero-order chi connectivity index (χ0) is 18.9. The highest BCUT2D eigenvalue weighted by Gasteiger charge is 2.32. The molecule has 0 saturated heterocycles. The summed E-state index contributed by atoms with van der Waals surface area (Å²) in [5.74, 6) is -6.17. The molecule has 25 heavy (non-hydrogen) atoms. The highest BCUT2D eigenvalue weighted by atomic mass is 35.5. The van der Waals surface area contributed by atoms with Gasteiger partial charge in [0.25, 0.3) is 5.56 Å². The number of halogens is 7. The van der Waals surface area contributed by atoms with Gasteiger partial charge in [-0.3, -0.25) is 9.59 Å². The quantitative estimate of drug-likeness (QED) is 0.649. The molecular formula is C14H7ClF6N2O2. The molecule has 0 aliphatic rings. The largest absolute Gasteiger partial charge is 0.417 e. The molecular weight excluding hydrogens is 378 g/mol. The van der Waals surface area contributed by atoms with Gasteiger partial charge < -0.3 is 9.88 Å². The third-order valence-electron chi connectivity index (χ3n) is 2.99. The Bertz CT molecular complexity index is 894. The molecule has 0 spiro atoms. The molecule has 2 rings (SSSR count). The van der Waals surface area contributed by atoms with Gasteiger partial charge in [-0.05, 0) is 18.2 Å². The number of nitrogens with zero attached hydrogens (tertiary/aromatic N) is 1. The number of benzene rings is 1. The van der Waals surface area contributed by atoms with Gasteiger partial charge >= 0.3 is 6.18 Å². The van der Waals surface area contributed by atoms with Crippen LogP contribution >= 0.6 is 11.6 Å². The number of pyridine rings is 1. The molecule has 4 nitrogen and oxygen atoms in total. The van der Waals surface area contributed by atoms with E-state index in [0.717, 1.165) is 0 Å². The van der Waals surface area contributed by atoms with Crippen LogP contribution in [0.1, 0.15) is 5.56 Å². The van der Waals surface area contributed by atoms with E-state index in [9.17, 15) is 35.9 Å². The molecule has 1 heterocycles. The topological polar surface area (TPSA) is 51.1 Å². The van der Waals surface area contributed by atoms with Crippen molar-refractivity contribution >= 4 is 23.2 Å². The Morgan fingerprint density at radius 2 is 1.80 bits per heavy atom. The van der Waals surface area contributed by atoms with E-state index < -0.39 is 57.9 Å². The normalized spacial score (nSPS) is 11.5. The van der Waals surface area contributed by atoms with Crippen LogP contribution in [0.3, 0.4) is 0 Å². The first kappa shape index (κ1) is 18.8. The molecule has 1 amide bonds. The molecule has 0 radical (unpaired) electrons. The lowest BCUT2D eigenvalue weighted by molar-refractivity contribution is -0.138. The highest BCUT2D eigenvalue weighted by Crippen LogP contribution is 2.29. The first-order valence-corrected chi connectivity index (χ1v) is 6.79. The summed E-state index contributed by atoms with van der Waals surface area (Å²) in [5.41, 5.74) is -3.10. The zero-order valence-electron chi connectivity index (χ0n) is 11.9. The third-order valence-corrected chi connectivity index (χ3v) is 3.26. The van der Waals surface area contributed by atoms with Crippen LogP contribution in [-0.4, -0.2) is 10.5 Å². The van der Waals surface area contributed by atoms with Gasteiger partial charge in [0, 0.05) is 6.20 Å². The number of amides is 1. The first-order valence-electron chi connectivity index (χ1n) is 6.41. The highest BCUT2D eigenvalue weighted by molar-refractivity contribution is 6.30. The van der Waals surface area contributed by atoms with Crippen molar-refractivity contribution in [1.29, 1.82) is 0 Å². The van der Waals surface area contributed by atoms with Gasteiger partial charge in [-0.2, -0.15) is 13.2 Å². The Morgan fingerprint density at radius 1 is 1.16 bits per heavy atom. The molecule has 1 aromatic heterocycles. The van der Waals surface area contributed by atoms with E-state index in [4.69, 9.17) is 11.6 Å². The number of carbonyl (C=O) groups is 1. The Kier molecular flexibility index (Phi) is 5.12. The average molecular weight is 385 g/mol. The van der Waals surface area contributed by atoms with E-state index in [2.05, 4.69) is 0 Å². The van der Waals surface area contributed by atoms with Crippen molar-refractivity contribution in [2.45, 2.75) is 12.7 Å². The molecule has 0 fully saturated rings. The van der Waals surface area contributed by atoms with Crippen molar-refractivity contribution in [2.75, 3.05) is 5.32 Å². The molecule has 0 aliphatic carbocycles. The minimum Gasteiger partial charge on any atom is -0.322 e. The molecule has 2 aromatic rings. The summed E-state index contributed by atoms with van der Waals surface area (Å²) >= 11 is 5.42. The molecule has 11 heteroatoms. The predicted molar refractivity (Wildman–Crippen MR) is 75.7 cm³/mol. The van der Waals surface area contributed by atoms with Gasteiger partial charge in [0.05, 0.1) is 11.3 Å². The third kappa shape index (κ3) is 4.13. The van der Waals surface area contributed by atoms with E-state index in [1.54, 1.807) is 0 Å². The van der Waals surface area contributed by atoms with Gasteiger partial charge in [0.15, 0.2) is 17.5 Å². The average Bonchev–Trinajstić information content (AvgIpc) is 2.51. The van der Waals surface area contributed by atoms with Crippen LogP contribution in [0.15, 0.2) is 29.2 Å². The number of hydrogen-bond acceptors (Lipinski definition) is 2. The lowest BCUT2D eigenvalue weighted by atomic mass is 10.2. The van der Waals surface area contributed by atoms with Gasteiger partial charge in [-0.15, -0.1) is 0 Å². The molecule has 0 unspecified atom stereocenters. The van der Waals surface area contributed by atoms with Gasteiger partial charge in [0.2, 0.25) is 5.91 Å². The second-order valence-corrected chi connectivity index (χ2v) is 5.19. The smallest absolute Gasteiger partial charge is 0.322 e. The monoisotopic (exact) mass is 384 g/mol. The van der Waals surface area contributed by atoms with Crippen LogP contribution < -0.4 is 10.9 Å². The molecule has 1 aromatic carbocycles. The SMILES string of the molecule is O=C(Cn1cc(C(F)(F)F)cc(Cl)c1=O)Nc1ccc(F)c(F)c1F. The number of alkyl halides is 3. The van der Waals surface area contributed by atoms with Crippen molar-refractivity contribution in [3.05, 3.63) is 62.8 Å². The summed E-state index contributed by atoms with van der Waals surface area (Å²) in [5, 5.41) is 1.05. The van der Waals surface area contributed by atoms with E-state index in [1.165, 1.54) is 0 Å². The number of hydrogen-bond donors (Lipinski definition) is 1. The van der Waals surface area contributed by atoms with Crippen molar-refractivity contribution in [3.63, 3.8) is 0 Å². The Labute approximate surface area is 140 Å². The number of anilines is 1. The van der Waals surface area contributed by atoms with Gasteiger partial charge in [-0.25, -0.2) is 13.2 Å². The van der Waals surface area contributed by atoms with E-state index >= 15 is 0 Å². The van der Waals surface area contributed by atoms with E-state index in [1.807, 2.05) is 5.32 Å². The maximum absolute atomic E-state index is 13.5. The maximum Gasteiger partial charge on any atom is 0.417 e. The zero-order valence-corrected chi connectivity index (χ0v) is 12.7. The lowest BCUT2D eigenvalue weighted by Crippen LogP contribution is -2.29. The van der Waals surface area contributed by atoms with Gasteiger partial charge in [0.1, 0.15) is 11.6 Å². The lowest BCUT2D eigenvalue weighted by Gasteiger charge is -2.12. The molecule has 0 aliphatic heterocycles. The number of carbonyl (C=O) groups excluding carboxylic acids is 1. The second kappa shape index (κ2) is 6.79. The summed E-state index contributed by atoms with van der Waals surface area (Å²) in [4.78, 5) is 23.5. The molecule has 0 saturated carbocycles. The van der Waals surface area contributed by atoms with Crippen LogP contribution in [0, 0.1) is 17.5 Å². The first-order chi connectivity index (χ1) is 11.5. The Morgan fingerprint density at radius 3 is 2.40 bits per heavy atom. The minimum absolute atomic E-state index is 0.357. The summed E-state index contributed by atoms with van der Waals surface area (Å²) in [6.07, 6.45) is -4.46. The predicted octanol–water partition coefficient (Wildman–Crippen LogP) is 3.58. The Hall–Kier alpha value is -2.49. The van der Waals surface area contributed by atoms with Crippen molar-refractivity contribution in [2.24, 2.45) is 0 Å². The van der Waals surface area contributed by atoms with Crippen LogP contribution in [0.2, 0.25) is 5.02 Å². The number of nitrogens with one attached hydrogen (secondary N) is 1. The number of aromatic nitrogens is 1. The standard InChI is InChI=1S/C14H7ClF6N2O2/c15-7-3-6(14(19,20)21)4-23(13(7)25)5-10(24)22-9-2-1-8(16)11(17)12(9)18/h1-4H,5H2,(H,22,24). The molecule has 0 atom stereocenters. The van der Waals surface area contributed by atoms with E-state index in [-0.39, 0.29) is 0 Å². The Balaban J connectivity index is 2.28. The molecule has 0 bridgehead atoms. The fourth-order valence-corrected chi connectivity index (χ4v) is 2.06. The summed E-state index contributed by atoms with van der Waals surface area (Å²) in [6.45, 7) is -0.957. The van der Waals surface area contributed by atoms with E-state index in [0.29, 0.717) is 29.0 Å². The fraction of sp³-hybridized carbons (Fsp3) is 0.143. The summed E-state index contributed by atoms with van der Waals surface area (Å²) in [7, 11) is 0. The van der Waals surface area contributed by atoms with Crippen molar-refractivity contribution in [3.8, 4) is 0 Å². The van der Waals surface area contributed by atoms with Crippen molar-refractivity contribution in [1.82, 2.24) is 4.57 Å². The van der Waals surface area contributed by atoms with Crippen LogP contribution in [0.5, 0.6) is 0 Å². The van der Waals surface area contributed by atoms with Crippen LogP contribution in [0.4, 0.5) is 32.0 Å². The summed E-state index contributed by atoms with van der Waals surface area (Å²) < 4.78 is 77.8.